The van der Waals surface area contributed by atoms with Crippen LogP contribution in [0, 0.1) is 6.92 Å². The second-order valence-electron chi connectivity index (χ2n) is 3.56. The molecule has 0 radical (unpaired) electrons. The molecule has 0 amide bonds. The first-order valence-electron chi connectivity index (χ1n) is 4.75. The fraction of sp³-hybridized carbons (Fsp3) is 0.364. The highest BCUT2D eigenvalue weighted by atomic mass is 32.1. The van der Waals surface area contributed by atoms with E-state index >= 15 is 0 Å². The van der Waals surface area contributed by atoms with Crippen LogP contribution in [0.3, 0.4) is 0 Å². The molecule has 1 aliphatic rings. The number of aryl methyl sites for hydroxylation is 1. The molecule has 4 heteroatoms. The van der Waals surface area contributed by atoms with Gasteiger partial charge in [-0.25, -0.2) is 4.79 Å². The lowest BCUT2D eigenvalue weighted by Crippen LogP contribution is -2.37. The zero-order valence-corrected chi connectivity index (χ0v) is 9.29. The quantitative estimate of drug-likeness (QED) is 0.615. The van der Waals surface area contributed by atoms with E-state index in [1.807, 2.05) is 19.1 Å². The monoisotopic (exact) mass is 224 g/mol. The van der Waals surface area contributed by atoms with Gasteiger partial charge in [0.05, 0.1) is 18.8 Å². The number of benzene rings is 1. The molecule has 1 aromatic carbocycles. The lowest BCUT2D eigenvalue weighted by Gasteiger charge is -2.25. The Labute approximate surface area is 93.8 Å². The molecular weight excluding hydrogens is 212 g/mol. The topological polar surface area (TPSA) is 35.5 Å². The Morgan fingerprint density at radius 2 is 2.27 bits per heavy atom. The minimum Gasteiger partial charge on any atom is -0.454 e. The van der Waals surface area contributed by atoms with Crippen LogP contribution in [0.1, 0.15) is 15.9 Å². The molecule has 0 bridgehead atoms. The molecule has 0 atom stereocenters. The third kappa shape index (κ3) is 2.33. The summed E-state index contributed by atoms with van der Waals surface area (Å²) in [7, 11) is 0. The van der Waals surface area contributed by atoms with Crippen molar-refractivity contribution < 1.29 is 14.3 Å². The summed E-state index contributed by atoms with van der Waals surface area (Å²) >= 11 is 4.19. The second kappa shape index (κ2) is 4.24. The van der Waals surface area contributed by atoms with Crippen molar-refractivity contribution in [3.8, 4) is 0 Å². The summed E-state index contributed by atoms with van der Waals surface area (Å²) in [6.07, 6.45) is -0.0829. The molecule has 0 aliphatic carbocycles. The van der Waals surface area contributed by atoms with E-state index in [1.165, 1.54) is 0 Å². The molecule has 0 unspecified atom stereocenters. The summed E-state index contributed by atoms with van der Waals surface area (Å²) in [4.78, 5) is 12.5. The van der Waals surface area contributed by atoms with Crippen LogP contribution in [0.25, 0.3) is 0 Å². The van der Waals surface area contributed by atoms with Crippen molar-refractivity contribution in [2.24, 2.45) is 0 Å². The number of rotatable bonds is 2. The Hall–Kier alpha value is -1.00. The zero-order chi connectivity index (χ0) is 10.8. The summed E-state index contributed by atoms with van der Waals surface area (Å²) < 4.78 is 10.1. The summed E-state index contributed by atoms with van der Waals surface area (Å²) in [6.45, 7) is 2.89. The Balaban J connectivity index is 2.12. The summed E-state index contributed by atoms with van der Waals surface area (Å²) in [5, 5.41) is 0. The van der Waals surface area contributed by atoms with E-state index in [0.29, 0.717) is 18.8 Å². The van der Waals surface area contributed by atoms with Gasteiger partial charge in [0.15, 0.2) is 0 Å². The first-order chi connectivity index (χ1) is 7.16. The van der Waals surface area contributed by atoms with Crippen LogP contribution in [0.4, 0.5) is 0 Å². The number of hydrogen-bond acceptors (Lipinski definition) is 4. The van der Waals surface area contributed by atoms with Crippen molar-refractivity contribution in [1.82, 2.24) is 0 Å². The minimum absolute atomic E-state index is 0.0829. The summed E-state index contributed by atoms with van der Waals surface area (Å²) in [5.74, 6) is -0.295. The van der Waals surface area contributed by atoms with Gasteiger partial charge in [-0.05, 0) is 24.6 Å². The molecule has 0 aromatic heterocycles. The van der Waals surface area contributed by atoms with Gasteiger partial charge in [-0.2, -0.15) is 0 Å². The van der Waals surface area contributed by atoms with Gasteiger partial charge in [0.1, 0.15) is 6.10 Å². The Morgan fingerprint density at radius 3 is 2.87 bits per heavy atom. The van der Waals surface area contributed by atoms with E-state index in [2.05, 4.69) is 12.6 Å². The highest BCUT2D eigenvalue weighted by Crippen LogP contribution is 2.17. The van der Waals surface area contributed by atoms with Crippen LogP contribution in [0.2, 0.25) is 0 Å². The number of carbonyl (C=O) groups excluding carboxylic acids is 1. The van der Waals surface area contributed by atoms with Crippen LogP contribution < -0.4 is 0 Å². The predicted molar refractivity (Wildman–Crippen MR) is 58.5 cm³/mol. The molecule has 2 rings (SSSR count). The van der Waals surface area contributed by atoms with Gasteiger partial charge < -0.3 is 9.47 Å². The summed E-state index contributed by atoms with van der Waals surface area (Å²) in [6, 6.07) is 5.43. The van der Waals surface area contributed by atoms with E-state index in [0.717, 1.165) is 10.5 Å². The average molecular weight is 224 g/mol. The van der Waals surface area contributed by atoms with Crippen molar-refractivity contribution in [1.29, 1.82) is 0 Å². The molecule has 0 N–H and O–H groups in total. The maximum absolute atomic E-state index is 11.7. The lowest BCUT2D eigenvalue weighted by atomic mass is 10.1. The van der Waals surface area contributed by atoms with Crippen LogP contribution in [0.15, 0.2) is 23.1 Å². The van der Waals surface area contributed by atoms with Crippen LogP contribution in [0.5, 0.6) is 0 Å². The van der Waals surface area contributed by atoms with E-state index in [-0.39, 0.29) is 12.1 Å². The number of esters is 1. The van der Waals surface area contributed by atoms with Gasteiger partial charge in [-0.1, -0.05) is 6.07 Å². The first kappa shape index (κ1) is 10.5. The SMILES string of the molecule is Cc1ccc(S)cc1C(=O)OC1COC1. The largest absolute Gasteiger partial charge is 0.454 e. The van der Waals surface area contributed by atoms with Gasteiger partial charge in [-0.15, -0.1) is 12.6 Å². The Bertz CT molecular complexity index is 385. The van der Waals surface area contributed by atoms with Crippen molar-refractivity contribution >= 4 is 18.6 Å². The maximum Gasteiger partial charge on any atom is 0.338 e. The number of hydrogen-bond donors (Lipinski definition) is 1. The molecule has 0 saturated carbocycles. The Kier molecular flexibility index (Phi) is 2.98. The maximum atomic E-state index is 11.7. The summed E-state index contributed by atoms with van der Waals surface area (Å²) in [5.41, 5.74) is 1.48. The smallest absolute Gasteiger partial charge is 0.338 e. The molecular formula is C11H12O3S. The normalized spacial score (nSPS) is 15.9. The fourth-order valence-corrected chi connectivity index (χ4v) is 1.53. The van der Waals surface area contributed by atoms with Gasteiger partial charge in [0.2, 0.25) is 0 Å². The third-order valence-corrected chi connectivity index (χ3v) is 2.60. The van der Waals surface area contributed by atoms with Gasteiger partial charge >= 0.3 is 5.97 Å². The molecule has 1 aromatic rings. The number of thiol groups is 1. The first-order valence-corrected chi connectivity index (χ1v) is 5.20. The van der Waals surface area contributed by atoms with Gasteiger partial charge in [-0.3, -0.25) is 0 Å². The van der Waals surface area contributed by atoms with Gasteiger partial charge in [0.25, 0.3) is 0 Å². The highest BCUT2D eigenvalue weighted by molar-refractivity contribution is 7.80. The van der Waals surface area contributed by atoms with Crippen molar-refractivity contribution in [2.75, 3.05) is 13.2 Å². The molecule has 3 nitrogen and oxygen atoms in total. The van der Waals surface area contributed by atoms with Gasteiger partial charge in [0, 0.05) is 4.90 Å². The van der Waals surface area contributed by atoms with E-state index in [9.17, 15) is 4.79 Å². The third-order valence-electron chi connectivity index (χ3n) is 2.32. The Morgan fingerprint density at radius 1 is 1.53 bits per heavy atom. The molecule has 1 heterocycles. The van der Waals surface area contributed by atoms with E-state index in [4.69, 9.17) is 9.47 Å². The number of ether oxygens (including phenoxy) is 2. The van der Waals surface area contributed by atoms with E-state index in [1.54, 1.807) is 6.07 Å². The molecule has 1 fully saturated rings. The lowest BCUT2D eigenvalue weighted by molar-refractivity contribution is -0.103. The fourth-order valence-electron chi connectivity index (χ4n) is 1.33. The van der Waals surface area contributed by atoms with Crippen LogP contribution >= 0.6 is 12.6 Å². The standard InChI is InChI=1S/C11H12O3S/c1-7-2-3-9(15)4-10(7)11(12)14-8-5-13-6-8/h2-4,8,15H,5-6H2,1H3. The number of carbonyl (C=O) groups is 1. The highest BCUT2D eigenvalue weighted by Gasteiger charge is 2.24. The molecule has 1 saturated heterocycles. The van der Waals surface area contributed by atoms with Crippen molar-refractivity contribution in [2.45, 2.75) is 17.9 Å². The van der Waals surface area contributed by atoms with Crippen LogP contribution in [-0.2, 0) is 9.47 Å². The molecule has 15 heavy (non-hydrogen) atoms. The second-order valence-corrected chi connectivity index (χ2v) is 4.08. The predicted octanol–water partition coefficient (Wildman–Crippen LogP) is 1.84. The van der Waals surface area contributed by atoms with Crippen molar-refractivity contribution in [3.63, 3.8) is 0 Å². The molecule has 80 valence electrons. The molecule has 1 aliphatic heterocycles. The van der Waals surface area contributed by atoms with Crippen LogP contribution in [-0.4, -0.2) is 25.3 Å². The van der Waals surface area contributed by atoms with E-state index < -0.39 is 0 Å². The zero-order valence-electron chi connectivity index (χ0n) is 8.40. The average Bonchev–Trinajstić information content (AvgIpc) is 2.15. The van der Waals surface area contributed by atoms with Crippen molar-refractivity contribution in [3.05, 3.63) is 29.3 Å². The molecule has 0 spiro atoms. The minimum atomic E-state index is -0.295.